The highest BCUT2D eigenvalue weighted by Crippen LogP contribution is 2.18. The number of rotatable bonds is 4. The van der Waals surface area contributed by atoms with Gasteiger partial charge in [0.05, 0.1) is 11.6 Å². The Kier molecular flexibility index (Phi) is 4.79. The van der Waals surface area contributed by atoms with Gasteiger partial charge in [-0.2, -0.15) is 5.26 Å². The summed E-state index contributed by atoms with van der Waals surface area (Å²) < 4.78 is 0. The molecule has 0 amide bonds. The van der Waals surface area contributed by atoms with Gasteiger partial charge in [-0.3, -0.25) is 4.90 Å². The van der Waals surface area contributed by atoms with Gasteiger partial charge in [0.1, 0.15) is 0 Å². The van der Waals surface area contributed by atoms with Crippen molar-refractivity contribution >= 4 is 11.6 Å². The van der Waals surface area contributed by atoms with E-state index in [0.717, 1.165) is 29.2 Å². The number of nitriles is 1. The standard InChI is InChI=1S/C17H17ClN2/c1-13-9-14(10-19)7-8-15(13)11-20(2)12-16-5-3-4-6-17(16)18/h3-9H,11-12H2,1-2H3. The molecule has 0 aliphatic carbocycles. The molecular formula is C17H17ClN2. The molecule has 0 spiro atoms. The van der Waals surface area contributed by atoms with Crippen LogP contribution in [0.1, 0.15) is 22.3 Å². The second-order valence-corrected chi connectivity index (χ2v) is 5.42. The summed E-state index contributed by atoms with van der Waals surface area (Å²) in [5.41, 5.74) is 4.22. The van der Waals surface area contributed by atoms with Gasteiger partial charge in [-0.15, -0.1) is 0 Å². The third-order valence-corrected chi connectivity index (χ3v) is 3.68. The van der Waals surface area contributed by atoms with Crippen molar-refractivity contribution in [2.45, 2.75) is 20.0 Å². The molecule has 2 aromatic carbocycles. The average Bonchev–Trinajstić information content (AvgIpc) is 2.43. The Labute approximate surface area is 125 Å². The van der Waals surface area contributed by atoms with E-state index in [2.05, 4.69) is 18.0 Å². The van der Waals surface area contributed by atoms with Crippen molar-refractivity contribution in [1.29, 1.82) is 5.26 Å². The lowest BCUT2D eigenvalue weighted by atomic mass is 10.1. The molecule has 0 atom stereocenters. The van der Waals surface area contributed by atoms with Crippen molar-refractivity contribution in [2.75, 3.05) is 7.05 Å². The van der Waals surface area contributed by atoms with Crippen LogP contribution < -0.4 is 0 Å². The Bertz CT molecular complexity index is 644. The SMILES string of the molecule is Cc1cc(C#N)ccc1CN(C)Cc1ccccc1Cl. The summed E-state index contributed by atoms with van der Waals surface area (Å²) in [5.74, 6) is 0. The molecule has 0 fully saturated rings. The van der Waals surface area contributed by atoms with Crippen LogP contribution in [0.4, 0.5) is 0 Å². The molecule has 0 aromatic heterocycles. The molecule has 0 saturated carbocycles. The van der Waals surface area contributed by atoms with Crippen molar-refractivity contribution in [3.8, 4) is 6.07 Å². The number of benzene rings is 2. The summed E-state index contributed by atoms with van der Waals surface area (Å²) >= 11 is 6.18. The second-order valence-electron chi connectivity index (χ2n) is 5.02. The molecule has 20 heavy (non-hydrogen) atoms. The second kappa shape index (κ2) is 6.56. The number of hydrogen-bond donors (Lipinski definition) is 0. The van der Waals surface area contributed by atoms with E-state index in [1.165, 1.54) is 5.56 Å². The van der Waals surface area contributed by atoms with Gasteiger partial charge in [-0.25, -0.2) is 0 Å². The lowest BCUT2D eigenvalue weighted by Gasteiger charge is -2.19. The zero-order valence-electron chi connectivity index (χ0n) is 11.7. The molecule has 0 bridgehead atoms. The largest absolute Gasteiger partial charge is 0.298 e. The summed E-state index contributed by atoms with van der Waals surface area (Å²) in [4.78, 5) is 2.22. The molecule has 0 unspecified atom stereocenters. The molecule has 0 saturated heterocycles. The maximum atomic E-state index is 8.89. The Morgan fingerprint density at radius 2 is 1.80 bits per heavy atom. The van der Waals surface area contributed by atoms with Crippen LogP contribution in [-0.2, 0) is 13.1 Å². The minimum atomic E-state index is 0.708. The third kappa shape index (κ3) is 3.60. The Balaban J connectivity index is 2.07. The lowest BCUT2D eigenvalue weighted by molar-refractivity contribution is 0.318. The van der Waals surface area contributed by atoms with Crippen LogP contribution >= 0.6 is 11.6 Å². The molecule has 0 aliphatic heterocycles. The Morgan fingerprint density at radius 1 is 1.10 bits per heavy atom. The van der Waals surface area contributed by atoms with Crippen LogP contribution in [0.3, 0.4) is 0 Å². The van der Waals surface area contributed by atoms with Crippen molar-refractivity contribution in [1.82, 2.24) is 4.90 Å². The highest BCUT2D eigenvalue weighted by molar-refractivity contribution is 6.31. The van der Waals surface area contributed by atoms with E-state index in [0.29, 0.717) is 5.56 Å². The third-order valence-electron chi connectivity index (χ3n) is 3.31. The monoisotopic (exact) mass is 284 g/mol. The van der Waals surface area contributed by atoms with Gasteiger partial charge in [0.25, 0.3) is 0 Å². The van der Waals surface area contributed by atoms with Crippen LogP contribution in [0.5, 0.6) is 0 Å². The molecule has 0 aliphatic rings. The summed E-state index contributed by atoms with van der Waals surface area (Å²) in [6.07, 6.45) is 0. The van der Waals surface area contributed by atoms with E-state index in [1.54, 1.807) is 0 Å². The zero-order valence-corrected chi connectivity index (χ0v) is 12.5. The van der Waals surface area contributed by atoms with Crippen LogP contribution in [0.25, 0.3) is 0 Å². The minimum Gasteiger partial charge on any atom is -0.298 e. The highest BCUT2D eigenvalue weighted by Gasteiger charge is 2.07. The van der Waals surface area contributed by atoms with E-state index < -0.39 is 0 Å². The predicted molar refractivity (Wildman–Crippen MR) is 82.5 cm³/mol. The predicted octanol–water partition coefficient (Wildman–Crippen LogP) is 4.15. The Hall–Kier alpha value is -1.82. The fourth-order valence-corrected chi connectivity index (χ4v) is 2.40. The van der Waals surface area contributed by atoms with Gasteiger partial charge in [0.2, 0.25) is 0 Å². The molecule has 2 nitrogen and oxygen atoms in total. The van der Waals surface area contributed by atoms with Gasteiger partial charge in [-0.1, -0.05) is 35.9 Å². The zero-order chi connectivity index (χ0) is 14.5. The first-order valence-corrected chi connectivity index (χ1v) is 6.89. The van der Waals surface area contributed by atoms with Gasteiger partial charge in [0, 0.05) is 18.1 Å². The van der Waals surface area contributed by atoms with Crippen LogP contribution in [0.2, 0.25) is 5.02 Å². The normalized spacial score (nSPS) is 10.6. The maximum absolute atomic E-state index is 8.89. The molecule has 102 valence electrons. The van der Waals surface area contributed by atoms with E-state index in [4.69, 9.17) is 16.9 Å². The Morgan fingerprint density at radius 3 is 2.45 bits per heavy atom. The number of nitrogens with zero attached hydrogens (tertiary/aromatic N) is 2. The molecule has 0 heterocycles. The van der Waals surface area contributed by atoms with Crippen LogP contribution in [-0.4, -0.2) is 11.9 Å². The first-order valence-electron chi connectivity index (χ1n) is 6.51. The summed E-state index contributed by atoms with van der Waals surface area (Å²) in [6.45, 7) is 3.68. The van der Waals surface area contributed by atoms with E-state index >= 15 is 0 Å². The summed E-state index contributed by atoms with van der Waals surface area (Å²) in [6, 6.07) is 15.9. The first-order chi connectivity index (χ1) is 9.60. The van der Waals surface area contributed by atoms with E-state index in [-0.39, 0.29) is 0 Å². The smallest absolute Gasteiger partial charge is 0.0991 e. The van der Waals surface area contributed by atoms with Gasteiger partial charge < -0.3 is 0 Å². The van der Waals surface area contributed by atoms with Crippen molar-refractivity contribution in [3.05, 3.63) is 69.7 Å². The van der Waals surface area contributed by atoms with E-state index in [9.17, 15) is 0 Å². The average molecular weight is 285 g/mol. The lowest BCUT2D eigenvalue weighted by Crippen LogP contribution is -2.18. The van der Waals surface area contributed by atoms with Crippen molar-refractivity contribution in [3.63, 3.8) is 0 Å². The minimum absolute atomic E-state index is 0.708. The molecular weight excluding hydrogens is 268 g/mol. The maximum Gasteiger partial charge on any atom is 0.0991 e. The van der Waals surface area contributed by atoms with E-state index in [1.807, 2.05) is 49.4 Å². The molecule has 2 rings (SSSR count). The summed E-state index contributed by atoms with van der Waals surface area (Å²) in [5, 5.41) is 9.69. The first kappa shape index (κ1) is 14.6. The fraction of sp³-hybridized carbons (Fsp3) is 0.235. The van der Waals surface area contributed by atoms with Gasteiger partial charge in [0.15, 0.2) is 0 Å². The van der Waals surface area contributed by atoms with Crippen LogP contribution in [0, 0.1) is 18.3 Å². The number of aryl methyl sites for hydroxylation is 1. The fourth-order valence-electron chi connectivity index (χ4n) is 2.21. The van der Waals surface area contributed by atoms with Crippen molar-refractivity contribution in [2.24, 2.45) is 0 Å². The molecule has 3 heteroatoms. The summed E-state index contributed by atoms with van der Waals surface area (Å²) in [7, 11) is 2.07. The highest BCUT2D eigenvalue weighted by atomic mass is 35.5. The molecule has 2 aromatic rings. The van der Waals surface area contributed by atoms with Crippen LogP contribution in [0.15, 0.2) is 42.5 Å². The quantitative estimate of drug-likeness (QED) is 0.843. The topological polar surface area (TPSA) is 27.0 Å². The van der Waals surface area contributed by atoms with Gasteiger partial charge >= 0.3 is 0 Å². The van der Waals surface area contributed by atoms with Crippen molar-refractivity contribution < 1.29 is 0 Å². The number of hydrogen-bond acceptors (Lipinski definition) is 2. The molecule has 0 N–H and O–H groups in total. The molecule has 0 radical (unpaired) electrons. The van der Waals surface area contributed by atoms with Gasteiger partial charge in [-0.05, 0) is 48.9 Å². The number of halogens is 1.